The Labute approximate surface area is 135 Å². The molecule has 1 amide bonds. The number of piperidine rings is 1. The Balaban J connectivity index is 1.71. The molecular weight excluding hydrogens is 294 g/mol. The first-order valence-electron chi connectivity index (χ1n) is 7.69. The smallest absolute Gasteiger partial charge is 0.256 e. The Morgan fingerprint density at radius 1 is 1.18 bits per heavy atom. The predicted octanol–water partition coefficient (Wildman–Crippen LogP) is 3.64. The van der Waals surface area contributed by atoms with Gasteiger partial charge in [0.1, 0.15) is 4.64 Å². The highest BCUT2D eigenvalue weighted by molar-refractivity contribution is 7.71. The first-order chi connectivity index (χ1) is 10.6. The number of rotatable bonds is 2. The third-order valence-corrected chi connectivity index (χ3v) is 4.83. The molecule has 0 unspecified atom stereocenters. The molecule has 0 radical (unpaired) electrons. The Hall–Kier alpha value is -1.88. The summed E-state index contributed by atoms with van der Waals surface area (Å²) < 4.78 is 2.92. The Morgan fingerprint density at radius 2 is 1.82 bits per heavy atom. The zero-order chi connectivity index (χ0) is 15.7. The van der Waals surface area contributed by atoms with Gasteiger partial charge in [-0.05, 0) is 51.0 Å². The highest BCUT2D eigenvalue weighted by Gasteiger charge is 2.26. The van der Waals surface area contributed by atoms with E-state index in [9.17, 15) is 4.79 Å². The highest BCUT2D eigenvalue weighted by Crippen LogP contribution is 2.27. The third kappa shape index (κ3) is 2.73. The number of aromatic amines is 1. The average molecular weight is 315 g/mol. The monoisotopic (exact) mass is 315 g/mol. The minimum atomic E-state index is 0.0428. The van der Waals surface area contributed by atoms with Crippen LogP contribution in [0.25, 0.3) is 0 Å². The summed E-state index contributed by atoms with van der Waals surface area (Å²) in [6.07, 6.45) is 3.74. The van der Waals surface area contributed by atoms with Crippen molar-refractivity contribution in [2.24, 2.45) is 0 Å². The maximum atomic E-state index is 12.6. The van der Waals surface area contributed by atoms with Crippen molar-refractivity contribution in [1.82, 2.24) is 14.5 Å². The maximum Gasteiger partial charge on any atom is 0.256 e. The molecule has 1 aliphatic rings. The number of aromatic nitrogens is 2. The van der Waals surface area contributed by atoms with Crippen LogP contribution in [0.2, 0.25) is 0 Å². The van der Waals surface area contributed by atoms with E-state index in [2.05, 4.69) is 35.5 Å². The standard InChI is InChI=1S/C17H21N3OS/c1-12-5-6-13(2)20(12)14-7-10-19(11-8-14)17(21)15-4-3-9-18-16(15)22/h3-6,9,14H,7-8,10-11H2,1-2H3,(H,18,22). The van der Waals surface area contributed by atoms with Crippen LogP contribution >= 0.6 is 12.2 Å². The van der Waals surface area contributed by atoms with Crippen LogP contribution < -0.4 is 0 Å². The van der Waals surface area contributed by atoms with Gasteiger partial charge in [-0.15, -0.1) is 0 Å². The summed E-state index contributed by atoms with van der Waals surface area (Å²) in [4.78, 5) is 17.4. The van der Waals surface area contributed by atoms with Crippen molar-refractivity contribution in [3.63, 3.8) is 0 Å². The van der Waals surface area contributed by atoms with Gasteiger partial charge >= 0.3 is 0 Å². The Morgan fingerprint density at radius 3 is 2.41 bits per heavy atom. The lowest BCUT2D eigenvalue weighted by atomic mass is 10.0. The maximum absolute atomic E-state index is 12.6. The summed E-state index contributed by atoms with van der Waals surface area (Å²) >= 11 is 5.21. The van der Waals surface area contributed by atoms with E-state index < -0.39 is 0 Å². The second-order valence-electron chi connectivity index (χ2n) is 5.92. The third-order valence-electron chi connectivity index (χ3n) is 4.49. The Kier molecular flexibility index (Phi) is 4.16. The fraction of sp³-hybridized carbons (Fsp3) is 0.412. The lowest BCUT2D eigenvalue weighted by molar-refractivity contribution is 0.0692. The molecule has 1 fully saturated rings. The van der Waals surface area contributed by atoms with Crippen molar-refractivity contribution in [3.8, 4) is 0 Å². The van der Waals surface area contributed by atoms with Crippen molar-refractivity contribution in [1.29, 1.82) is 0 Å². The summed E-state index contributed by atoms with van der Waals surface area (Å²) in [7, 11) is 0. The predicted molar refractivity (Wildman–Crippen MR) is 89.7 cm³/mol. The summed E-state index contributed by atoms with van der Waals surface area (Å²) in [5.74, 6) is 0.0428. The number of aryl methyl sites for hydroxylation is 2. The van der Waals surface area contributed by atoms with Crippen molar-refractivity contribution in [2.45, 2.75) is 32.7 Å². The van der Waals surface area contributed by atoms with E-state index in [0.29, 0.717) is 16.2 Å². The second-order valence-corrected chi connectivity index (χ2v) is 6.33. The average Bonchev–Trinajstić information content (AvgIpc) is 2.86. The molecular formula is C17H21N3OS. The number of hydrogen-bond acceptors (Lipinski definition) is 2. The number of nitrogens with zero attached hydrogens (tertiary/aromatic N) is 2. The van der Waals surface area contributed by atoms with Crippen LogP contribution in [0.3, 0.4) is 0 Å². The molecule has 116 valence electrons. The first kappa shape index (κ1) is 15.0. The molecule has 5 heteroatoms. The van der Waals surface area contributed by atoms with E-state index >= 15 is 0 Å². The van der Waals surface area contributed by atoms with Crippen molar-refractivity contribution in [2.75, 3.05) is 13.1 Å². The molecule has 1 aliphatic heterocycles. The molecule has 2 aromatic rings. The van der Waals surface area contributed by atoms with Gasteiger partial charge < -0.3 is 14.5 Å². The fourth-order valence-electron chi connectivity index (χ4n) is 3.34. The number of likely N-dealkylation sites (tertiary alicyclic amines) is 1. The summed E-state index contributed by atoms with van der Waals surface area (Å²) in [5, 5.41) is 0. The molecule has 1 saturated heterocycles. The lowest BCUT2D eigenvalue weighted by Crippen LogP contribution is -2.39. The quantitative estimate of drug-likeness (QED) is 0.860. The molecule has 4 nitrogen and oxygen atoms in total. The Bertz CT molecular complexity index is 719. The number of amides is 1. The summed E-state index contributed by atoms with van der Waals surface area (Å²) in [6.45, 7) is 5.86. The van der Waals surface area contributed by atoms with E-state index in [1.54, 1.807) is 12.3 Å². The zero-order valence-corrected chi connectivity index (χ0v) is 13.8. The molecule has 3 heterocycles. The summed E-state index contributed by atoms with van der Waals surface area (Å²) in [5.41, 5.74) is 3.20. The van der Waals surface area contributed by atoms with Crippen molar-refractivity contribution >= 4 is 18.1 Å². The number of carbonyl (C=O) groups is 1. The van der Waals surface area contributed by atoms with Gasteiger partial charge in [0.15, 0.2) is 0 Å². The highest BCUT2D eigenvalue weighted by atomic mass is 32.1. The number of carbonyl (C=O) groups excluding carboxylic acids is 1. The molecule has 1 N–H and O–H groups in total. The molecule has 22 heavy (non-hydrogen) atoms. The lowest BCUT2D eigenvalue weighted by Gasteiger charge is -2.34. The molecule has 0 spiro atoms. The van der Waals surface area contributed by atoms with Gasteiger partial charge in [-0.1, -0.05) is 12.2 Å². The van der Waals surface area contributed by atoms with E-state index in [1.165, 1.54) is 11.4 Å². The second kappa shape index (κ2) is 6.08. The molecule has 0 atom stereocenters. The zero-order valence-electron chi connectivity index (χ0n) is 13.0. The largest absolute Gasteiger partial charge is 0.352 e. The van der Waals surface area contributed by atoms with Gasteiger partial charge in [0.25, 0.3) is 5.91 Å². The van der Waals surface area contributed by atoms with Gasteiger partial charge in [-0.3, -0.25) is 4.79 Å². The fourth-order valence-corrected chi connectivity index (χ4v) is 3.57. The van der Waals surface area contributed by atoms with Gasteiger partial charge in [-0.25, -0.2) is 0 Å². The van der Waals surface area contributed by atoms with E-state index in [0.717, 1.165) is 25.9 Å². The first-order valence-corrected chi connectivity index (χ1v) is 8.10. The number of hydrogen-bond donors (Lipinski definition) is 1. The molecule has 0 aromatic carbocycles. The molecule has 2 aromatic heterocycles. The van der Waals surface area contributed by atoms with Crippen molar-refractivity contribution in [3.05, 3.63) is 52.1 Å². The van der Waals surface area contributed by atoms with Crippen molar-refractivity contribution < 1.29 is 4.79 Å². The van der Waals surface area contributed by atoms with Crippen LogP contribution in [-0.2, 0) is 0 Å². The molecule has 3 rings (SSSR count). The van der Waals surface area contributed by atoms with E-state index in [1.807, 2.05) is 11.0 Å². The number of nitrogens with one attached hydrogen (secondary N) is 1. The van der Waals surface area contributed by atoms with Gasteiger partial charge in [0.05, 0.1) is 5.56 Å². The van der Waals surface area contributed by atoms with Crippen LogP contribution in [-0.4, -0.2) is 33.4 Å². The molecule has 0 bridgehead atoms. The van der Waals surface area contributed by atoms with Gasteiger partial charge in [0.2, 0.25) is 0 Å². The summed E-state index contributed by atoms with van der Waals surface area (Å²) in [6, 6.07) is 8.44. The molecule has 0 aliphatic carbocycles. The van der Waals surface area contributed by atoms with Crippen LogP contribution in [0.15, 0.2) is 30.5 Å². The molecule has 0 saturated carbocycles. The van der Waals surface area contributed by atoms with E-state index in [4.69, 9.17) is 12.2 Å². The minimum Gasteiger partial charge on any atom is -0.352 e. The van der Waals surface area contributed by atoms with Crippen LogP contribution in [0.5, 0.6) is 0 Å². The van der Waals surface area contributed by atoms with E-state index in [-0.39, 0.29) is 5.91 Å². The van der Waals surface area contributed by atoms with Crippen LogP contribution in [0, 0.1) is 18.5 Å². The number of H-pyrrole nitrogens is 1. The number of pyridine rings is 1. The van der Waals surface area contributed by atoms with Crippen LogP contribution in [0.4, 0.5) is 0 Å². The minimum absolute atomic E-state index is 0.0428. The SMILES string of the molecule is Cc1ccc(C)n1C1CCN(C(=O)c2ccc[nH]c2=S)CC1. The van der Waals surface area contributed by atoms with Gasteiger partial charge in [-0.2, -0.15) is 0 Å². The van der Waals surface area contributed by atoms with Gasteiger partial charge in [0, 0.05) is 36.7 Å². The topological polar surface area (TPSA) is 41.0 Å². The normalized spacial score (nSPS) is 16.0. The van der Waals surface area contributed by atoms with Crippen LogP contribution in [0.1, 0.15) is 40.6 Å².